The molecule has 0 aliphatic carbocycles. The Kier molecular flexibility index (Phi) is 5.58. The average Bonchev–Trinajstić information content (AvgIpc) is 2.49. The fourth-order valence-electron chi connectivity index (χ4n) is 1.66. The van der Waals surface area contributed by atoms with E-state index in [1.165, 1.54) is 6.92 Å². The third-order valence-corrected chi connectivity index (χ3v) is 4.10. The first-order valence-electron chi connectivity index (χ1n) is 6.29. The van der Waals surface area contributed by atoms with Crippen LogP contribution in [0.15, 0.2) is 45.3 Å². The highest BCUT2D eigenvalue weighted by molar-refractivity contribution is 9.11. The maximum absolute atomic E-state index is 10.9. The Hall–Kier alpha value is -1.84. The number of esters is 1. The number of rotatable bonds is 4. The first-order valence-corrected chi connectivity index (χ1v) is 7.87. The van der Waals surface area contributed by atoms with Crippen molar-refractivity contribution in [2.45, 2.75) is 13.5 Å². The van der Waals surface area contributed by atoms with Crippen molar-refractivity contribution in [1.29, 1.82) is 5.26 Å². The second kappa shape index (κ2) is 7.43. The molecule has 0 amide bonds. The number of ether oxygens (including phenoxy) is 2. The minimum Gasteiger partial charge on any atom is -0.461 e. The fraction of sp³-hybridized carbons (Fsp3) is 0.125. The summed E-state index contributed by atoms with van der Waals surface area (Å²) in [5.74, 6) is 0.861. The Balaban J connectivity index is 2.23. The largest absolute Gasteiger partial charge is 0.461 e. The maximum Gasteiger partial charge on any atom is 0.302 e. The SMILES string of the molecule is CC(=O)OCc1cc(Oc2ccc(C#N)cc2)c(Br)cc1Br. The van der Waals surface area contributed by atoms with Crippen molar-refractivity contribution in [1.82, 2.24) is 0 Å². The van der Waals surface area contributed by atoms with Crippen molar-refractivity contribution in [3.8, 4) is 17.6 Å². The van der Waals surface area contributed by atoms with Crippen LogP contribution in [0.25, 0.3) is 0 Å². The van der Waals surface area contributed by atoms with E-state index in [-0.39, 0.29) is 12.6 Å². The van der Waals surface area contributed by atoms with Crippen LogP contribution in [-0.4, -0.2) is 5.97 Å². The van der Waals surface area contributed by atoms with Crippen molar-refractivity contribution in [3.63, 3.8) is 0 Å². The van der Waals surface area contributed by atoms with Crippen LogP contribution in [0.1, 0.15) is 18.1 Å². The molecule has 0 N–H and O–H groups in total. The molecule has 0 fully saturated rings. The van der Waals surface area contributed by atoms with Gasteiger partial charge in [0.15, 0.2) is 0 Å². The number of hydrogen-bond acceptors (Lipinski definition) is 4. The van der Waals surface area contributed by atoms with Crippen LogP contribution in [-0.2, 0) is 16.1 Å². The fourth-order valence-corrected chi connectivity index (χ4v) is 2.85. The Labute approximate surface area is 144 Å². The summed E-state index contributed by atoms with van der Waals surface area (Å²) in [6.45, 7) is 1.52. The zero-order valence-electron chi connectivity index (χ0n) is 11.6. The summed E-state index contributed by atoms with van der Waals surface area (Å²) in [7, 11) is 0. The predicted molar refractivity (Wildman–Crippen MR) is 88.5 cm³/mol. The van der Waals surface area contributed by atoms with Gasteiger partial charge in [-0.3, -0.25) is 4.79 Å². The highest BCUT2D eigenvalue weighted by Crippen LogP contribution is 2.35. The van der Waals surface area contributed by atoms with Gasteiger partial charge >= 0.3 is 5.97 Å². The molecular weight excluding hydrogens is 414 g/mol. The van der Waals surface area contributed by atoms with Crippen LogP contribution in [0.3, 0.4) is 0 Å². The first-order chi connectivity index (χ1) is 10.5. The molecular formula is C16H11Br2NO3. The number of carbonyl (C=O) groups excluding carboxylic acids is 1. The first kappa shape index (κ1) is 16.5. The summed E-state index contributed by atoms with van der Waals surface area (Å²) < 4.78 is 12.4. The van der Waals surface area contributed by atoms with Crippen molar-refractivity contribution in [2.24, 2.45) is 0 Å². The highest BCUT2D eigenvalue weighted by atomic mass is 79.9. The number of nitriles is 1. The number of nitrogens with zero attached hydrogens (tertiary/aromatic N) is 1. The lowest BCUT2D eigenvalue weighted by atomic mass is 10.2. The molecule has 0 bridgehead atoms. The molecule has 112 valence electrons. The maximum atomic E-state index is 10.9. The van der Waals surface area contributed by atoms with Crippen LogP contribution in [0.5, 0.6) is 11.5 Å². The normalized spacial score (nSPS) is 9.91. The standard InChI is InChI=1S/C16H11Br2NO3/c1-10(20)21-9-12-6-16(15(18)7-14(12)17)22-13-4-2-11(8-19)3-5-13/h2-7H,9H2,1H3. The molecule has 2 aromatic rings. The second-order valence-electron chi connectivity index (χ2n) is 4.39. The van der Waals surface area contributed by atoms with Crippen LogP contribution in [0.2, 0.25) is 0 Å². The highest BCUT2D eigenvalue weighted by Gasteiger charge is 2.10. The molecule has 0 aliphatic rings. The lowest BCUT2D eigenvalue weighted by Gasteiger charge is -2.12. The summed E-state index contributed by atoms with van der Waals surface area (Å²) in [6, 6.07) is 12.5. The second-order valence-corrected chi connectivity index (χ2v) is 6.10. The third-order valence-electron chi connectivity index (χ3n) is 2.74. The quantitative estimate of drug-likeness (QED) is 0.652. The Bertz CT molecular complexity index is 736. The van der Waals surface area contributed by atoms with Gasteiger partial charge in [-0.1, -0.05) is 15.9 Å². The molecule has 0 aromatic heterocycles. The molecule has 0 heterocycles. The van der Waals surface area contributed by atoms with Crippen LogP contribution < -0.4 is 4.74 Å². The average molecular weight is 425 g/mol. The lowest BCUT2D eigenvalue weighted by Crippen LogP contribution is -2.00. The van der Waals surface area contributed by atoms with Crippen molar-refractivity contribution >= 4 is 37.8 Å². The predicted octanol–water partition coefficient (Wildman–Crippen LogP) is 4.94. The summed E-state index contributed by atoms with van der Waals surface area (Å²) in [6.07, 6.45) is 0. The van der Waals surface area contributed by atoms with Gasteiger partial charge in [0.2, 0.25) is 0 Å². The molecule has 4 nitrogen and oxygen atoms in total. The van der Waals surface area contributed by atoms with Crippen LogP contribution in [0, 0.1) is 11.3 Å². The van der Waals surface area contributed by atoms with E-state index in [2.05, 4.69) is 37.9 Å². The molecule has 0 saturated heterocycles. The van der Waals surface area contributed by atoms with E-state index < -0.39 is 0 Å². The Morgan fingerprint density at radius 1 is 1.18 bits per heavy atom. The third kappa shape index (κ3) is 4.33. The molecule has 2 rings (SSSR count). The van der Waals surface area contributed by atoms with Crippen molar-refractivity contribution in [3.05, 3.63) is 56.5 Å². The summed E-state index contributed by atoms with van der Waals surface area (Å²) in [4.78, 5) is 10.9. The smallest absolute Gasteiger partial charge is 0.302 e. The van der Waals surface area contributed by atoms with E-state index in [9.17, 15) is 4.79 Å². The number of carbonyl (C=O) groups is 1. The van der Waals surface area contributed by atoms with Crippen LogP contribution in [0.4, 0.5) is 0 Å². The molecule has 0 saturated carbocycles. The van der Waals surface area contributed by atoms with Gasteiger partial charge in [0, 0.05) is 17.0 Å². The molecule has 0 unspecified atom stereocenters. The van der Waals surface area contributed by atoms with E-state index in [0.717, 1.165) is 14.5 Å². The van der Waals surface area contributed by atoms with Gasteiger partial charge in [0.05, 0.1) is 16.1 Å². The van der Waals surface area contributed by atoms with Gasteiger partial charge in [0.25, 0.3) is 0 Å². The van der Waals surface area contributed by atoms with E-state index in [1.54, 1.807) is 30.3 Å². The van der Waals surface area contributed by atoms with E-state index in [1.807, 2.05) is 6.07 Å². The molecule has 0 spiro atoms. The van der Waals surface area contributed by atoms with Gasteiger partial charge in [0.1, 0.15) is 18.1 Å². The lowest BCUT2D eigenvalue weighted by molar-refractivity contribution is -0.142. The van der Waals surface area contributed by atoms with Gasteiger partial charge in [-0.2, -0.15) is 5.26 Å². The Morgan fingerprint density at radius 3 is 2.45 bits per heavy atom. The zero-order valence-corrected chi connectivity index (χ0v) is 14.8. The molecule has 0 aliphatic heterocycles. The van der Waals surface area contributed by atoms with E-state index >= 15 is 0 Å². The van der Waals surface area contributed by atoms with Crippen molar-refractivity contribution < 1.29 is 14.3 Å². The molecule has 22 heavy (non-hydrogen) atoms. The van der Waals surface area contributed by atoms with E-state index in [4.69, 9.17) is 14.7 Å². The monoisotopic (exact) mass is 423 g/mol. The topological polar surface area (TPSA) is 59.3 Å². The zero-order chi connectivity index (χ0) is 16.1. The summed E-state index contributed by atoms with van der Waals surface area (Å²) >= 11 is 6.85. The van der Waals surface area contributed by atoms with Gasteiger partial charge < -0.3 is 9.47 Å². The van der Waals surface area contributed by atoms with Gasteiger partial charge in [-0.15, -0.1) is 0 Å². The number of hydrogen-bond donors (Lipinski definition) is 0. The van der Waals surface area contributed by atoms with Gasteiger partial charge in [-0.05, 0) is 52.3 Å². The van der Waals surface area contributed by atoms with E-state index in [0.29, 0.717) is 17.1 Å². The number of halogens is 2. The molecule has 0 radical (unpaired) electrons. The summed E-state index contributed by atoms with van der Waals surface area (Å²) in [5, 5.41) is 8.79. The number of benzene rings is 2. The molecule has 2 aromatic carbocycles. The Morgan fingerprint density at radius 2 is 1.86 bits per heavy atom. The molecule has 0 atom stereocenters. The minimum absolute atomic E-state index is 0.160. The minimum atomic E-state index is -0.343. The molecule has 6 heteroatoms. The summed E-state index contributed by atoms with van der Waals surface area (Å²) in [5.41, 5.74) is 1.36. The van der Waals surface area contributed by atoms with Crippen molar-refractivity contribution in [2.75, 3.05) is 0 Å². The van der Waals surface area contributed by atoms with Gasteiger partial charge in [-0.25, -0.2) is 0 Å². The van der Waals surface area contributed by atoms with Crippen LogP contribution >= 0.6 is 31.9 Å².